The van der Waals surface area contributed by atoms with Crippen LogP contribution < -0.4 is 11.1 Å². The first-order valence-corrected chi connectivity index (χ1v) is 4.77. The lowest BCUT2D eigenvalue weighted by molar-refractivity contribution is 0.181. The quantitative estimate of drug-likeness (QED) is 0.568. The summed E-state index contributed by atoms with van der Waals surface area (Å²) in [7, 11) is 0. The molecule has 0 unspecified atom stereocenters. The fourth-order valence-corrected chi connectivity index (χ4v) is 1.27. The highest BCUT2D eigenvalue weighted by Crippen LogP contribution is 2.07. The second-order valence-corrected chi connectivity index (χ2v) is 3.28. The maximum atomic E-state index is 9.16. The summed E-state index contributed by atoms with van der Waals surface area (Å²) >= 11 is 0. The summed E-state index contributed by atoms with van der Waals surface area (Å²) in [5.41, 5.74) is 6.57. The van der Waals surface area contributed by atoms with Crippen molar-refractivity contribution in [2.45, 2.75) is 18.9 Å². The molecule has 0 aromatic carbocycles. The molecule has 1 rings (SSSR count). The summed E-state index contributed by atoms with van der Waals surface area (Å²) in [6, 6.07) is 0. The minimum Gasteiger partial charge on any atom is -0.390 e. The maximum absolute atomic E-state index is 9.16. The Morgan fingerprint density at radius 3 is 3.00 bits per heavy atom. The average molecular weight is 182 g/mol. The molecule has 0 fully saturated rings. The van der Waals surface area contributed by atoms with Crippen LogP contribution in [-0.4, -0.2) is 30.8 Å². The van der Waals surface area contributed by atoms with E-state index >= 15 is 0 Å². The molecule has 0 aliphatic heterocycles. The van der Waals surface area contributed by atoms with Gasteiger partial charge in [0.25, 0.3) is 0 Å². The third kappa shape index (κ3) is 4.22. The van der Waals surface area contributed by atoms with Gasteiger partial charge in [-0.25, -0.2) is 0 Å². The number of aliphatic hydroxyl groups is 1. The fourth-order valence-electron chi connectivity index (χ4n) is 1.27. The van der Waals surface area contributed by atoms with Crippen LogP contribution in [0.5, 0.6) is 0 Å². The Balaban J connectivity index is 2.12. The standard InChI is InChI=1S/C10H18N2O/c11-6-10(13)8-12-7-9-4-2-1-3-5-9/h2,4-5,10,12-13H,1,3,6-8,11H2/t10-/m1/s1. The van der Waals surface area contributed by atoms with E-state index < -0.39 is 6.10 Å². The van der Waals surface area contributed by atoms with E-state index in [1.54, 1.807) is 0 Å². The van der Waals surface area contributed by atoms with Crippen LogP contribution in [0.1, 0.15) is 12.8 Å². The van der Waals surface area contributed by atoms with E-state index in [2.05, 4.69) is 23.5 Å². The van der Waals surface area contributed by atoms with Crippen molar-refractivity contribution in [3.8, 4) is 0 Å². The van der Waals surface area contributed by atoms with Crippen molar-refractivity contribution in [2.75, 3.05) is 19.6 Å². The second kappa shape index (κ2) is 5.91. The largest absolute Gasteiger partial charge is 0.390 e. The molecule has 1 atom stereocenters. The Morgan fingerprint density at radius 2 is 2.38 bits per heavy atom. The summed E-state index contributed by atoms with van der Waals surface area (Å²) in [6.45, 7) is 1.72. The highest BCUT2D eigenvalue weighted by molar-refractivity contribution is 5.23. The van der Waals surface area contributed by atoms with Gasteiger partial charge in [-0.2, -0.15) is 0 Å². The normalized spacial score (nSPS) is 18.5. The molecule has 13 heavy (non-hydrogen) atoms. The first-order valence-electron chi connectivity index (χ1n) is 4.77. The lowest BCUT2D eigenvalue weighted by Crippen LogP contribution is -2.33. The molecule has 0 saturated heterocycles. The third-order valence-corrected chi connectivity index (χ3v) is 2.05. The van der Waals surface area contributed by atoms with Crippen molar-refractivity contribution in [1.82, 2.24) is 5.32 Å². The number of rotatable bonds is 5. The molecule has 0 saturated carbocycles. The van der Waals surface area contributed by atoms with E-state index in [1.807, 2.05) is 0 Å². The molecule has 0 bridgehead atoms. The third-order valence-electron chi connectivity index (χ3n) is 2.05. The van der Waals surface area contributed by atoms with Crippen molar-refractivity contribution in [3.05, 3.63) is 23.8 Å². The molecular formula is C10H18N2O. The highest BCUT2D eigenvalue weighted by Gasteiger charge is 2.00. The Kier molecular flexibility index (Phi) is 4.75. The first kappa shape index (κ1) is 10.4. The number of hydrogen-bond acceptors (Lipinski definition) is 3. The number of nitrogens with one attached hydrogen (secondary N) is 1. The van der Waals surface area contributed by atoms with E-state index in [1.165, 1.54) is 5.57 Å². The van der Waals surface area contributed by atoms with Crippen LogP contribution in [0.2, 0.25) is 0 Å². The zero-order valence-corrected chi connectivity index (χ0v) is 7.87. The van der Waals surface area contributed by atoms with Crippen LogP contribution in [0.3, 0.4) is 0 Å². The zero-order valence-electron chi connectivity index (χ0n) is 7.87. The first-order chi connectivity index (χ1) is 6.33. The maximum Gasteiger partial charge on any atom is 0.0786 e. The van der Waals surface area contributed by atoms with Crippen molar-refractivity contribution in [2.24, 2.45) is 5.73 Å². The summed E-state index contributed by atoms with van der Waals surface area (Å²) in [4.78, 5) is 0. The minimum absolute atomic E-state index is 0.321. The van der Waals surface area contributed by atoms with Gasteiger partial charge < -0.3 is 16.2 Å². The number of nitrogens with two attached hydrogens (primary N) is 1. The van der Waals surface area contributed by atoms with Crippen molar-refractivity contribution < 1.29 is 5.11 Å². The van der Waals surface area contributed by atoms with Gasteiger partial charge >= 0.3 is 0 Å². The Hall–Kier alpha value is -0.640. The Labute approximate surface area is 79.3 Å². The molecular weight excluding hydrogens is 164 g/mol. The van der Waals surface area contributed by atoms with Crippen LogP contribution in [0.15, 0.2) is 23.8 Å². The van der Waals surface area contributed by atoms with Crippen molar-refractivity contribution in [3.63, 3.8) is 0 Å². The van der Waals surface area contributed by atoms with E-state index in [0.717, 1.165) is 19.4 Å². The predicted molar refractivity (Wildman–Crippen MR) is 54.4 cm³/mol. The van der Waals surface area contributed by atoms with Gasteiger partial charge in [0.05, 0.1) is 6.10 Å². The molecule has 0 aromatic rings. The predicted octanol–water partition coefficient (Wildman–Crippen LogP) is 0.172. The summed E-state index contributed by atoms with van der Waals surface area (Å²) in [5.74, 6) is 0. The summed E-state index contributed by atoms with van der Waals surface area (Å²) < 4.78 is 0. The second-order valence-electron chi connectivity index (χ2n) is 3.28. The monoisotopic (exact) mass is 182 g/mol. The topological polar surface area (TPSA) is 58.3 Å². The van der Waals surface area contributed by atoms with E-state index in [-0.39, 0.29) is 0 Å². The van der Waals surface area contributed by atoms with Gasteiger partial charge in [-0.3, -0.25) is 0 Å². The van der Waals surface area contributed by atoms with Gasteiger partial charge in [0.1, 0.15) is 0 Å². The SMILES string of the molecule is NC[C@@H](O)CNCC1=CCCC=C1. The molecule has 0 aromatic heterocycles. The smallest absolute Gasteiger partial charge is 0.0786 e. The van der Waals surface area contributed by atoms with Gasteiger partial charge in [-0.1, -0.05) is 18.2 Å². The average Bonchev–Trinajstić information content (AvgIpc) is 2.19. The van der Waals surface area contributed by atoms with Crippen molar-refractivity contribution in [1.29, 1.82) is 0 Å². The van der Waals surface area contributed by atoms with Gasteiger partial charge in [-0.05, 0) is 18.4 Å². The van der Waals surface area contributed by atoms with Gasteiger partial charge in [-0.15, -0.1) is 0 Å². The van der Waals surface area contributed by atoms with E-state index in [4.69, 9.17) is 10.8 Å². The molecule has 0 amide bonds. The molecule has 0 radical (unpaired) electrons. The molecule has 0 spiro atoms. The Bertz CT molecular complexity index is 199. The van der Waals surface area contributed by atoms with Gasteiger partial charge in [0, 0.05) is 19.6 Å². The molecule has 0 heterocycles. The molecule has 1 aliphatic carbocycles. The fraction of sp³-hybridized carbons (Fsp3) is 0.600. The van der Waals surface area contributed by atoms with Crippen LogP contribution in [-0.2, 0) is 0 Å². The van der Waals surface area contributed by atoms with E-state index in [0.29, 0.717) is 13.1 Å². The van der Waals surface area contributed by atoms with E-state index in [9.17, 15) is 0 Å². The number of aliphatic hydroxyl groups excluding tert-OH is 1. The molecule has 1 aliphatic rings. The van der Waals surface area contributed by atoms with Crippen LogP contribution >= 0.6 is 0 Å². The van der Waals surface area contributed by atoms with Crippen LogP contribution in [0, 0.1) is 0 Å². The lowest BCUT2D eigenvalue weighted by Gasteiger charge is -2.11. The van der Waals surface area contributed by atoms with Gasteiger partial charge in [0.15, 0.2) is 0 Å². The number of allylic oxidation sites excluding steroid dienone is 2. The summed E-state index contributed by atoms with van der Waals surface area (Å²) in [6.07, 6.45) is 8.39. The lowest BCUT2D eigenvalue weighted by atomic mass is 10.1. The Morgan fingerprint density at radius 1 is 1.54 bits per heavy atom. The minimum atomic E-state index is -0.423. The molecule has 3 nitrogen and oxygen atoms in total. The highest BCUT2D eigenvalue weighted by atomic mass is 16.3. The van der Waals surface area contributed by atoms with Crippen LogP contribution in [0.25, 0.3) is 0 Å². The number of hydrogen-bond donors (Lipinski definition) is 3. The summed E-state index contributed by atoms with van der Waals surface area (Å²) in [5, 5.41) is 12.3. The van der Waals surface area contributed by atoms with Gasteiger partial charge in [0.2, 0.25) is 0 Å². The molecule has 74 valence electrons. The van der Waals surface area contributed by atoms with Crippen LogP contribution in [0.4, 0.5) is 0 Å². The van der Waals surface area contributed by atoms with Crippen molar-refractivity contribution >= 4 is 0 Å². The zero-order chi connectivity index (χ0) is 9.52. The molecule has 3 heteroatoms. The molecule has 4 N–H and O–H groups in total.